The molecule has 1 amide bonds. The number of carbonyl (C=O) groups excluding carboxylic acids is 1. The Morgan fingerprint density at radius 1 is 1.04 bits per heavy atom. The van der Waals surface area contributed by atoms with Crippen molar-refractivity contribution in [2.75, 3.05) is 13.1 Å². The number of amides is 1. The number of rotatable bonds is 4. The first kappa shape index (κ1) is 18.2. The molecule has 1 saturated carbocycles. The maximum atomic E-state index is 12.5. The van der Waals surface area contributed by atoms with E-state index in [0.717, 1.165) is 31.5 Å². The third-order valence-electron chi connectivity index (χ3n) is 4.87. The van der Waals surface area contributed by atoms with Gasteiger partial charge in [0.2, 0.25) is 5.91 Å². The average molecular weight is 339 g/mol. The van der Waals surface area contributed by atoms with E-state index in [-0.39, 0.29) is 18.3 Å². The predicted molar refractivity (Wildman–Crippen MR) is 93.6 cm³/mol. The average Bonchev–Trinajstić information content (AvgIpc) is 3.08. The molecule has 0 bridgehead atoms. The van der Waals surface area contributed by atoms with Gasteiger partial charge in [0.05, 0.1) is 12.2 Å². The Labute approximate surface area is 144 Å². The molecule has 5 heteroatoms. The van der Waals surface area contributed by atoms with Gasteiger partial charge >= 0.3 is 0 Å². The van der Waals surface area contributed by atoms with Gasteiger partial charge in [-0.2, -0.15) is 0 Å². The molecule has 23 heavy (non-hydrogen) atoms. The molecule has 1 aromatic rings. The highest BCUT2D eigenvalue weighted by Crippen LogP contribution is 2.26. The van der Waals surface area contributed by atoms with Crippen molar-refractivity contribution in [1.82, 2.24) is 4.90 Å². The number of nitrogens with two attached hydrogens (primary N) is 1. The zero-order valence-electron chi connectivity index (χ0n) is 13.5. The maximum absolute atomic E-state index is 12.5. The van der Waals surface area contributed by atoms with Crippen LogP contribution in [0.25, 0.3) is 0 Å². The molecule has 2 aliphatic rings. The van der Waals surface area contributed by atoms with Crippen LogP contribution < -0.4 is 5.73 Å². The van der Waals surface area contributed by atoms with Crippen LogP contribution in [-0.4, -0.2) is 36.1 Å². The third-order valence-corrected chi connectivity index (χ3v) is 4.87. The molecule has 1 aliphatic carbocycles. The largest absolute Gasteiger partial charge is 0.375 e. The maximum Gasteiger partial charge on any atom is 0.244 e. The second-order valence-electron chi connectivity index (χ2n) is 6.46. The molecule has 1 aromatic carbocycles. The van der Waals surface area contributed by atoms with Crippen molar-refractivity contribution in [1.29, 1.82) is 0 Å². The summed E-state index contributed by atoms with van der Waals surface area (Å²) in [5.41, 5.74) is 7.00. The van der Waals surface area contributed by atoms with Crippen LogP contribution in [0.5, 0.6) is 0 Å². The lowest BCUT2D eigenvalue weighted by Crippen LogP contribution is -2.45. The second-order valence-corrected chi connectivity index (χ2v) is 6.46. The Morgan fingerprint density at radius 2 is 1.61 bits per heavy atom. The van der Waals surface area contributed by atoms with Crippen LogP contribution in [0.4, 0.5) is 0 Å². The summed E-state index contributed by atoms with van der Waals surface area (Å²) in [5.74, 6) is 0.0329. The summed E-state index contributed by atoms with van der Waals surface area (Å²) < 4.78 is 6.16. The fraction of sp³-hybridized carbons (Fsp3) is 0.611. The van der Waals surface area contributed by atoms with Gasteiger partial charge in [-0.05, 0) is 31.2 Å². The molecule has 1 heterocycles. The second kappa shape index (κ2) is 8.67. The van der Waals surface area contributed by atoms with E-state index in [1.165, 1.54) is 25.7 Å². The number of halogens is 1. The van der Waals surface area contributed by atoms with Gasteiger partial charge in [0.1, 0.15) is 6.04 Å². The fourth-order valence-electron chi connectivity index (χ4n) is 3.51. The highest BCUT2D eigenvalue weighted by molar-refractivity contribution is 5.85. The topological polar surface area (TPSA) is 55.6 Å². The van der Waals surface area contributed by atoms with Gasteiger partial charge in [0.15, 0.2) is 0 Å². The van der Waals surface area contributed by atoms with E-state index in [9.17, 15) is 4.79 Å². The number of ether oxygens (including phenoxy) is 1. The van der Waals surface area contributed by atoms with E-state index in [1.54, 1.807) is 0 Å². The van der Waals surface area contributed by atoms with Gasteiger partial charge in [0.25, 0.3) is 0 Å². The Morgan fingerprint density at radius 3 is 2.22 bits per heavy atom. The first-order valence-electron chi connectivity index (χ1n) is 8.49. The molecular weight excluding hydrogens is 312 g/mol. The molecule has 2 fully saturated rings. The van der Waals surface area contributed by atoms with E-state index in [4.69, 9.17) is 10.5 Å². The van der Waals surface area contributed by atoms with Crippen LogP contribution >= 0.6 is 12.4 Å². The Balaban J connectivity index is 0.00000192. The third kappa shape index (κ3) is 4.69. The summed E-state index contributed by atoms with van der Waals surface area (Å²) in [4.78, 5) is 14.4. The molecular formula is C18H27ClN2O2. The molecule has 4 nitrogen and oxygen atoms in total. The van der Waals surface area contributed by atoms with Crippen LogP contribution in [0.2, 0.25) is 0 Å². The molecule has 0 radical (unpaired) electrons. The summed E-state index contributed by atoms with van der Waals surface area (Å²) in [6, 6.07) is 9.06. The van der Waals surface area contributed by atoms with Crippen molar-refractivity contribution < 1.29 is 9.53 Å². The van der Waals surface area contributed by atoms with E-state index in [0.29, 0.717) is 12.2 Å². The molecule has 1 atom stereocenters. The first-order chi connectivity index (χ1) is 10.7. The van der Waals surface area contributed by atoms with Crippen LogP contribution in [0.3, 0.4) is 0 Å². The predicted octanol–water partition coefficient (Wildman–Crippen LogP) is 3.06. The molecule has 1 saturated heterocycles. The number of piperidine rings is 1. The first-order valence-corrected chi connectivity index (χ1v) is 8.49. The monoisotopic (exact) mass is 338 g/mol. The van der Waals surface area contributed by atoms with Crippen LogP contribution in [-0.2, 0) is 9.53 Å². The van der Waals surface area contributed by atoms with Gasteiger partial charge in [-0.25, -0.2) is 0 Å². The minimum atomic E-state index is -0.548. The normalized spacial score (nSPS) is 21.0. The Bertz CT molecular complexity index is 483. The molecule has 128 valence electrons. The quantitative estimate of drug-likeness (QED) is 0.918. The van der Waals surface area contributed by atoms with E-state index in [1.807, 2.05) is 35.2 Å². The van der Waals surface area contributed by atoms with E-state index < -0.39 is 6.04 Å². The van der Waals surface area contributed by atoms with Gasteiger partial charge in [0, 0.05) is 13.1 Å². The van der Waals surface area contributed by atoms with Crippen LogP contribution in [0.15, 0.2) is 30.3 Å². The lowest BCUT2D eigenvalue weighted by molar-refractivity contribution is -0.136. The summed E-state index contributed by atoms with van der Waals surface area (Å²) >= 11 is 0. The van der Waals surface area contributed by atoms with Crippen LogP contribution in [0.1, 0.15) is 50.1 Å². The van der Waals surface area contributed by atoms with Gasteiger partial charge in [-0.1, -0.05) is 43.2 Å². The summed E-state index contributed by atoms with van der Waals surface area (Å²) in [5, 5.41) is 0. The Hall–Kier alpha value is -1.10. The SMILES string of the molecule is Cl.NC(C(=O)N1CCC(OC2CCCC2)CC1)c1ccccc1. The number of carbonyl (C=O) groups is 1. The summed E-state index contributed by atoms with van der Waals surface area (Å²) in [6.07, 6.45) is 7.66. The molecule has 1 unspecified atom stereocenters. The molecule has 3 rings (SSSR count). The van der Waals surface area contributed by atoms with Crippen molar-refractivity contribution in [2.24, 2.45) is 5.73 Å². The standard InChI is InChI=1S/C18H26N2O2.ClH/c19-17(14-6-2-1-3-7-14)18(21)20-12-10-16(11-13-20)22-15-8-4-5-9-15;/h1-3,6-7,15-17H,4-5,8-13,19H2;1H. The van der Waals surface area contributed by atoms with Crippen molar-refractivity contribution in [3.05, 3.63) is 35.9 Å². The minimum Gasteiger partial charge on any atom is -0.375 e. The molecule has 2 N–H and O–H groups in total. The van der Waals surface area contributed by atoms with E-state index >= 15 is 0 Å². The van der Waals surface area contributed by atoms with Gasteiger partial charge in [-0.3, -0.25) is 4.79 Å². The number of likely N-dealkylation sites (tertiary alicyclic amines) is 1. The molecule has 0 aromatic heterocycles. The number of benzene rings is 1. The molecule has 1 aliphatic heterocycles. The minimum absolute atomic E-state index is 0. The van der Waals surface area contributed by atoms with Gasteiger partial charge < -0.3 is 15.4 Å². The molecule has 0 spiro atoms. The summed E-state index contributed by atoms with van der Waals surface area (Å²) in [6.45, 7) is 1.52. The Kier molecular flexibility index (Phi) is 6.88. The summed E-state index contributed by atoms with van der Waals surface area (Å²) in [7, 11) is 0. The number of hydrogen-bond acceptors (Lipinski definition) is 3. The van der Waals surface area contributed by atoms with Gasteiger partial charge in [-0.15, -0.1) is 12.4 Å². The van der Waals surface area contributed by atoms with Crippen molar-refractivity contribution in [3.63, 3.8) is 0 Å². The van der Waals surface area contributed by atoms with Crippen molar-refractivity contribution >= 4 is 18.3 Å². The fourth-order valence-corrected chi connectivity index (χ4v) is 3.51. The lowest BCUT2D eigenvalue weighted by Gasteiger charge is -2.34. The zero-order chi connectivity index (χ0) is 15.4. The van der Waals surface area contributed by atoms with Crippen molar-refractivity contribution in [2.45, 2.75) is 56.8 Å². The van der Waals surface area contributed by atoms with Crippen molar-refractivity contribution in [3.8, 4) is 0 Å². The number of hydrogen-bond donors (Lipinski definition) is 1. The van der Waals surface area contributed by atoms with E-state index in [2.05, 4.69) is 0 Å². The smallest absolute Gasteiger partial charge is 0.244 e. The highest BCUT2D eigenvalue weighted by atomic mass is 35.5. The lowest BCUT2D eigenvalue weighted by atomic mass is 10.0. The highest BCUT2D eigenvalue weighted by Gasteiger charge is 2.29. The number of nitrogens with zero attached hydrogens (tertiary/aromatic N) is 1. The van der Waals surface area contributed by atoms with Crippen LogP contribution in [0, 0.1) is 0 Å². The zero-order valence-corrected chi connectivity index (χ0v) is 14.3.